The topological polar surface area (TPSA) is 0 Å². The SMILES string of the molecule is Cc1ccc(C(C)C)c(-c2ccccc2)c2c(C)ccc1-2.[LiH]. The van der Waals surface area contributed by atoms with Crippen molar-refractivity contribution < 1.29 is 0 Å². The summed E-state index contributed by atoms with van der Waals surface area (Å²) < 4.78 is 0. The van der Waals surface area contributed by atoms with Gasteiger partial charge in [0.05, 0.1) is 0 Å². The van der Waals surface area contributed by atoms with Crippen molar-refractivity contribution in [1.82, 2.24) is 0 Å². The Morgan fingerprint density at radius 2 is 1.32 bits per heavy atom. The molecule has 1 aromatic carbocycles. The molecule has 108 valence electrons. The minimum absolute atomic E-state index is 0. The molecule has 2 aliphatic rings. The summed E-state index contributed by atoms with van der Waals surface area (Å²) in [6, 6.07) is 19.9. The molecular weight excluding hydrogens is 259 g/mol. The second kappa shape index (κ2) is 6.74. The summed E-state index contributed by atoms with van der Waals surface area (Å²) in [4.78, 5) is 0. The molecule has 0 radical (unpaired) electrons. The molecule has 0 atom stereocenters. The first-order chi connectivity index (χ1) is 10.1. The van der Waals surface area contributed by atoms with Crippen LogP contribution in [0.1, 0.15) is 36.5 Å². The molecule has 3 rings (SSSR count). The Morgan fingerprint density at radius 3 is 1.95 bits per heavy atom. The van der Waals surface area contributed by atoms with Crippen LogP contribution in [-0.2, 0) is 0 Å². The fraction of sp³-hybridized carbons (Fsp3) is 0.238. The third-order valence-corrected chi connectivity index (χ3v) is 4.32. The van der Waals surface area contributed by atoms with Gasteiger partial charge in [0.1, 0.15) is 0 Å². The van der Waals surface area contributed by atoms with Gasteiger partial charge in [0.2, 0.25) is 0 Å². The molecule has 22 heavy (non-hydrogen) atoms. The van der Waals surface area contributed by atoms with Gasteiger partial charge in [-0.1, -0.05) is 68.4 Å². The van der Waals surface area contributed by atoms with E-state index in [1.54, 1.807) is 0 Å². The van der Waals surface area contributed by atoms with Crippen LogP contribution in [0.5, 0.6) is 0 Å². The van der Waals surface area contributed by atoms with E-state index in [0.717, 1.165) is 0 Å². The molecular formula is C21H23Li. The zero-order valence-electron chi connectivity index (χ0n) is 13.3. The Kier molecular flexibility index (Phi) is 5.17. The quantitative estimate of drug-likeness (QED) is 0.540. The van der Waals surface area contributed by atoms with Crippen LogP contribution in [0.4, 0.5) is 0 Å². The zero-order chi connectivity index (χ0) is 15.0. The van der Waals surface area contributed by atoms with Crippen LogP contribution in [0.2, 0.25) is 0 Å². The number of fused-ring (bicyclic) bond motifs is 1. The van der Waals surface area contributed by atoms with Crippen LogP contribution in [0.25, 0.3) is 22.3 Å². The van der Waals surface area contributed by atoms with Gasteiger partial charge in [0, 0.05) is 0 Å². The first-order valence-electron chi connectivity index (χ1n) is 7.68. The van der Waals surface area contributed by atoms with E-state index < -0.39 is 0 Å². The summed E-state index contributed by atoms with van der Waals surface area (Å²) in [5.41, 5.74) is 9.64. The summed E-state index contributed by atoms with van der Waals surface area (Å²) in [7, 11) is 0. The van der Waals surface area contributed by atoms with Gasteiger partial charge in [-0.25, -0.2) is 0 Å². The van der Waals surface area contributed by atoms with E-state index in [4.69, 9.17) is 0 Å². The van der Waals surface area contributed by atoms with E-state index in [2.05, 4.69) is 82.3 Å². The maximum absolute atomic E-state index is 2.31. The molecule has 2 aliphatic carbocycles. The molecule has 0 fully saturated rings. The Bertz CT molecular complexity index is 742. The third kappa shape index (κ3) is 2.87. The predicted molar refractivity (Wildman–Crippen MR) is 99.2 cm³/mol. The second-order valence-electron chi connectivity index (χ2n) is 6.17. The Morgan fingerprint density at radius 1 is 0.682 bits per heavy atom. The molecule has 0 aliphatic heterocycles. The van der Waals surface area contributed by atoms with E-state index in [1.165, 1.54) is 38.9 Å². The van der Waals surface area contributed by atoms with Gasteiger partial charge in [0.15, 0.2) is 0 Å². The number of rotatable bonds is 2. The van der Waals surface area contributed by atoms with Crippen molar-refractivity contribution in [1.29, 1.82) is 0 Å². The summed E-state index contributed by atoms with van der Waals surface area (Å²) in [6.45, 7) is 8.99. The fourth-order valence-electron chi connectivity index (χ4n) is 3.18. The molecule has 0 nitrogen and oxygen atoms in total. The van der Waals surface area contributed by atoms with Gasteiger partial charge in [0.25, 0.3) is 0 Å². The minimum atomic E-state index is 0. The van der Waals surface area contributed by atoms with Crippen molar-refractivity contribution in [3.8, 4) is 22.3 Å². The standard InChI is InChI=1S/C21H22.Li.H/c1-14(2)18-12-10-15(3)19-13-11-16(4)20(19)21(18)17-8-6-5-7-9-17;;/h5-14H,1-4H3;;. The summed E-state index contributed by atoms with van der Waals surface area (Å²) in [5, 5.41) is 0. The first-order valence-corrected chi connectivity index (χ1v) is 7.68. The van der Waals surface area contributed by atoms with Crippen molar-refractivity contribution in [2.45, 2.75) is 33.6 Å². The Hall–Kier alpha value is -1.48. The molecule has 0 amide bonds. The summed E-state index contributed by atoms with van der Waals surface area (Å²) in [5.74, 6) is 0.504. The average molecular weight is 282 g/mol. The molecule has 0 spiro atoms. The van der Waals surface area contributed by atoms with Crippen molar-refractivity contribution in [3.63, 3.8) is 0 Å². The van der Waals surface area contributed by atoms with Crippen molar-refractivity contribution in [2.24, 2.45) is 0 Å². The molecule has 0 N–H and O–H groups in total. The van der Waals surface area contributed by atoms with E-state index in [9.17, 15) is 0 Å². The average Bonchev–Trinajstić information content (AvgIpc) is 2.77. The Labute approximate surface area is 146 Å². The van der Waals surface area contributed by atoms with Gasteiger partial charge in [-0.15, -0.1) is 0 Å². The van der Waals surface area contributed by atoms with Gasteiger partial charge < -0.3 is 0 Å². The van der Waals surface area contributed by atoms with Gasteiger partial charge in [-0.3, -0.25) is 0 Å². The predicted octanol–water partition coefficient (Wildman–Crippen LogP) is 5.55. The summed E-state index contributed by atoms with van der Waals surface area (Å²) >= 11 is 0. The molecule has 0 heterocycles. The van der Waals surface area contributed by atoms with Crippen molar-refractivity contribution >= 4 is 18.9 Å². The fourth-order valence-corrected chi connectivity index (χ4v) is 3.18. The van der Waals surface area contributed by atoms with Crippen LogP contribution < -0.4 is 0 Å². The molecule has 0 saturated carbocycles. The zero-order valence-corrected chi connectivity index (χ0v) is 13.3. The van der Waals surface area contributed by atoms with Crippen LogP contribution in [0.15, 0.2) is 54.6 Å². The number of aryl methyl sites for hydroxylation is 2. The molecule has 0 bridgehead atoms. The monoisotopic (exact) mass is 282 g/mol. The third-order valence-electron chi connectivity index (χ3n) is 4.32. The van der Waals surface area contributed by atoms with Crippen LogP contribution >= 0.6 is 0 Å². The molecule has 0 saturated heterocycles. The van der Waals surface area contributed by atoms with Gasteiger partial charge in [-0.05, 0) is 58.7 Å². The first kappa shape index (κ1) is 16.9. The number of benzene rings is 1. The van der Waals surface area contributed by atoms with Crippen molar-refractivity contribution in [2.75, 3.05) is 0 Å². The second-order valence-corrected chi connectivity index (χ2v) is 6.17. The van der Waals surface area contributed by atoms with E-state index in [-0.39, 0.29) is 18.9 Å². The van der Waals surface area contributed by atoms with Crippen molar-refractivity contribution in [3.05, 3.63) is 71.3 Å². The molecule has 0 aromatic heterocycles. The van der Waals surface area contributed by atoms with E-state index >= 15 is 0 Å². The molecule has 1 heteroatoms. The van der Waals surface area contributed by atoms with Crippen LogP contribution in [0.3, 0.4) is 0 Å². The van der Waals surface area contributed by atoms with E-state index in [0.29, 0.717) is 5.92 Å². The maximum atomic E-state index is 2.31. The number of hydrogen-bond donors (Lipinski definition) is 0. The molecule has 1 aromatic rings. The van der Waals surface area contributed by atoms with E-state index in [1.807, 2.05) is 0 Å². The van der Waals surface area contributed by atoms with Crippen LogP contribution in [-0.4, -0.2) is 18.9 Å². The number of hydrogen-bond acceptors (Lipinski definition) is 0. The van der Waals surface area contributed by atoms with Crippen LogP contribution in [0, 0.1) is 13.8 Å². The molecule has 0 unspecified atom stereocenters. The Balaban J connectivity index is 0.00000176. The normalized spacial score (nSPS) is 10.8. The van der Waals surface area contributed by atoms with Gasteiger partial charge >= 0.3 is 18.9 Å². The summed E-state index contributed by atoms with van der Waals surface area (Å²) in [6.07, 6.45) is 0. The van der Waals surface area contributed by atoms with Gasteiger partial charge in [-0.2, -0.15) is 0 Å².